The number of benzene rings is 2. The van der Waals surface area contributed by atoms with Crippen LogP contribution in [0.5, 0.6) is 0 Å². The fourth-order valence-corrected chi connectivity index (χ4v) is 3.50. The van der Waals surface area contributed by atoms with E-state index in [9.17, 15) is 9.59 Å². The SMILES string of the molecule is CCc1cccc(N2CC(C(=O)Nc3c(C)cccc3CC)CC2=O)c1. The second-order valence-electron chi connectivity index (χ2n) is 6.88. The summed E-state index contributed by atoms with van der Waals surface area (Å²) in [5.41, 5.74) is 5.13. The molecule has 0 spiro atoms. The molecule has 1 unspecified atom stereocenters. The minimum Gasteiger partial charge on any atom is -0.325 e. The van der Waals surface area contributed by atoms with Gasteiger partial charge in [0.05, 0.1) is 5.92 Å². The van der Waals surface area contributed by atoms with Crippen molar-refractivity contribution >= 4 is 23.2 Å². The minimum absolute atomic E-state index is 0.0129. The Balaban J connectivity index is 1.75. The van der Waals surface area contributed by atoms with Crippen molar-refractivity contribution in [3.63, 3.8) is 0 Å². The highest BCUT2D eigenvalue weighted by molar-refractivity contribution is 6.04. The molecule has 4 heteroatoms. The monoisotopic (exact) mass is 350 g/mol. The van der Waals surface area contributed by atoms with Gasteiger partial charge < -0.3 is 10.2 Å². The number of hydrogen-bond donors (Lipinski definition) is 1. The van der Waals surface area contributed by atoms with E-state index in [0.717, 1.165) is 35.3 Å². The lowest BCUT2D eigenvalue weighted by Gasteiger charge is -2.18. The van der Waals surface area contributed by atoms with Gasteiger partial charge in [0.1, 0.15) is 0 Å². The molecular weight excluding hydrogens is 324 g/mol. The van der Waals surface area contributed by atoms with E-state index in [-0.39, 0.29) is 24.2 Å². The highest BCUT2D eigenvalue weighted by atomic mass is 16.2. The van der Waals surface area contributed by atoms with Crippen molar-refractivity contribution in [1.29, 1.82) is 0 Å². The van der Waals surface area contributed by atoms with Crippen molar-refractivity contribution in [2.45, 2.75) is 40.0 Å². The van der Waals surface area contributed by atoms with Crippen LogP contribution < -0.4 is 10.2 Å². The average molecular weight is 350 g/mol. The lowest BCUT2D eigenvalue weighted by atomic mass is 10.0. The first-order valence-corrected chi connectivity index (χ1v) is 9.32. The topological polar surface area (TPSA) is 49.4 Å². The molecule has 1 aliphatic heterocycles. The number of hydrogen-bond acceptors (Lipinski definition) is 2. The van der Waals surface area contributed by atoms with Crippen molar-refractivity contribution in [3.05, 3.63) is 59.2 Å². The Bertz CT molecular complexity index is 829. The van der Waals surface area contributed by atoms with Crippen LogP contribution in [0.25, 0.3) is 0 Å². The summed E-state index contributed by atoms with van der Waals surface area (Å²) >= 11 is 0. The molecule has 0 bridgehead atoms. The Morgan fingerprint density at radius 3 is 2.65 bits per heavy atom. The molecule has 0 radical (unpaired) electrons. The number of rotatable bonds is 5. The third-order valence-electron chi connectivity index (χ3n) is 5.11. The normalized spacial score (nSPS) is 16.8. The third-order valence-corrected chi connectivity index (χ3v) is 5.11. The molecular formula is C22H26N2O2. The zero-order valence-electron chi connectivity index (χ0n) is 15.7. The average Bonchev–Trinajstić information content (AvgIpc) is 3.05. The lowest BCUT2D eigenvalue weighted by Crippen LogP contribution is -2.28. The lowest BCUT2D eigenvalue weighted by molar-refractivity contribution is -0.122. The Morgan fingerprint density at radius 1 is 1.15 bits per heavy atom. The Morgan fingerprint density at radius 2 is 1.92 bits per heavy atom. The third kappa shape index (κ3) is 3.64. The summed E-state index contributed by atoms with van der Waals surface area (Å²) in [5, 5.41) is 3.07. The maximum absolute atomic E-state index is 12.8. The van der Waals surface area contributed by atoms with Crippen molar-refractivity contribution in [2.75, 3.05) is 16.8 Å². The van der Waals surface area contributed by atoms with Crippen LogP contribution >= 0.6 is 0 Å². The van der Waals surface area contributed by atoms with Crippen molar-refractivity contribution in [3.8, 4) is 0 Å². The van der Waals surface area contributed by atoms with Crippen LogP contribution in [0.4, 0.5) is 11.4 Å². The number of carbonyl (C=O) groups excluding carboxylic acids is 2. The number of aryl methyl sites for hydroxylation is 3. The van der Waals surface area contributed by atoms with E-state index < -0.39 is 0 Å². The molecule has 26 heavy (non-hydrogen) atoms. The van der Waals surface area contributed by atoms with Crippen LogP contribution in [-0.2, 0) is 22.4 Å². The van der Waals surface area contributed by atoms with Crippen LogP contribution in [0.1, 0.15) is 37.0 Å². The van der Waals surface area contributed by atoms with Gasteiger partial charge in [-0.1, -0.05) is 44.2 Å². The molecule has 2 amide bonds. The molecule has 2 aromatic carbocycles. The van der Waals surface area contributed by atoms with E-state index in [1.165, 1.54) is 5.56 Å². The summed E-state index contributed by atoms with van der Waals surface area (Å²) in [7, 11) is 0. The zero-order valence-corrected chi connectivity index (χ0v) is 15.7. The Hall–Kier alpha value is -2.62. The highest BCUT2D eigenvalue weighted by Gasteiger charge is 2.35. The largest absolute Gasteiger partial charge is 0.325 e. The first kappa shape index (κ1) is 18.2. The van der Waals surface area contributed by atoms with Gasteiger partial charge >= 0.3 is 0 Å². The molecule has 1 atom stereocenters. The van der Waals surface area contributed by atoms with Crippen LogP contribution in [0.3, 0.4) is 0 Å². The van der Waals surface area contributed by atoms with E-state index in [0.29, 0.717) is 6.54 Å². The maximum Gasteiger partial charge on any atom is 0.229 e. The smallest absolute Gasteiger partial charge is 0.229 e. The molecule has 3 rings (SSSR count). The second-order valence-corrected chi connectivity index (χ2v) is 6.88. The summed E-state index contributed by atoms with van der Waals surface area (Å²) in [4.78, 5) is 27.0. The summed E-state index contributed by atoms with van der Waals surface area (Å²) in [6.07, 6.45) is 2.04. The fraction of sp³-hybridized carbons (Fsp3) is 0.364. The van der Waals surface area contributed by atoms with Gasteiger partial charge in [-0.15, -0.1) is 0 Å². The van der Waals surface area contributed by atoms with Crippen molar-refractivity contribution in [1.82, 2.24) is 0 Å². The van der Waals surface area contributed by atoms with Gasteiger partial charge in [0.25, 0.3) is 0 Å². The van der Waals surface area contributed by atoms with Gasteiger partial charge in [-0.05, 0) is 48.6 Å². The van der Waals surface area contributed by atoms with Gasteiger partial charge in [-0.25, -0.2) is 0 Å². The molecule has 1 heterocycles. The molecule has 0 aromatic heterocycles. The van der Waals surface area contributed by atoms with Gasteiger partial charge in [0.15, 0.2) is 0 Å². The minimum atomic E-state index is -0.322. The van der Waals surface area contributed by atoms with Crippen LogP contribution in [0.15, 0.2) is 42.5 Å². The van der Waals surface area contributed by atoms with E-state index >= 15 is 0 Å². The highest BCUT2D eigenvalue weighted by Crippen LogP contribution is 2.28. The van der Waals surface area contributed by atoms with E-state index in [4.69, 9.17) is 0 Å². The zero-order chi connectivity index (χ0) is 18.7. The molecule has 0 aliphatic carbocycles. The number of para-hydroxylation sites is 1. The second kappa shape index (κ2) is 7.73. The predicted octanol–water partition coefficient (Wildman–Crippen LogP) is 4.11. The van der Waals surface area contributed by atoms with Crippen LogP contribution in [0.2, 0.25) is 0 Å². The standard InChI is InChI=1S/C22H26N2O2/c1-4-16-9-7-11-19(12-16)24-14-18(13-20(24)25)22(26)23-21-15(3)8-6-10-17(21)5-2/h6-12,18H,4-5,13-14H2,1-3H3,(H,23,26). The molecule has 1 N–H and O–H groups in total. The van der Waals surface area contributed by atoms with E-state index in [1.54, 1.807) is 4.90 Å². The number of anilines is 2. The molecule has 1 fully saturated rings. The molecule has 1 aliphatic rings. The Kier molecular flexibility index (Phi) is 5.40. The number of nitrogens with one attached hydrogen (secondary N) is 1. The first-order chi connectivity index (χ1) is 12.5. The molecule has 0 saturated carbocycles. The van der Waals surface area contributed by atoms with Crippen LogP contribution in [0, 0.1) is 12.8 Å². The van der Waals surface area contributed by atoms with Gasteiger partial charge in [0.2, 0.25) is 11.8 Å². The van der Waals surface area contributed by atoms with Crippen molar-refractivity contribution < 1.29 is 9.59 Å². The summed E-state index contributed by atoms with van der Waals surface area (Å²) in [6.45, 7) is 6.60. The van der Waals surface area contributed by atoms with Gasteiger partial charge in [0, 0.05) is 24.3 Å². The molecule has 4 nitrogen and oxygen atoms in total. The molecule has 1 saturated heterocycles. The quantitative estimate of drug-likeness (QED) is 0.882. The fourth-order valence-electron chi connectivity index (χ4n) is 3.50. The number of nitrogens with zero attached hydrogens (tertiary/aromatic N) is 1. The summed E-state index contributed by atoms with van der Waals surface area (Å²) in [5.74, 6) is -0.382. The summed E-state index contributed by atoms with van der Waals surface area (Å²) < 4.78 is 0. The van der Waals surface area contributed by atoms with Crippen LogP contribution in [-0.4, -0.2) is 18.4 Å². The summed E-state index contributed by atoms with van der Waals surface area (Å²) in [6, 6.07) is 14.0. The van der Waals surface area contributed by atoms with Gasteiger partial charge in [-0.2, -0.15) is 0 Å². The molecule has 136 valence electrons. The first-order valence-electron chi connectivity index (χ1n) is 9.32. The maximum atomic E-state index is 12.8. The number of carbonyl (C=O) groups is 2. The molecule has 2 aromatic rings. The van der Waals surface area contributed by atoms with Crippen molar-refractivity contribution in [2.24, 2.45) is 5.92 Å². The van der Waals surface area contributed by atoms with E-state index in [1.807, 2.05) is 43.3 Å². The Labute approximate surface area is 155 Å². The van der Waals surface area contributed by atoms with Gasteiger partial charge in [-0.3, -0.25) is 9.59 Å². The van der Waals surface area contributed by atoms with E-state index in [2.05, 4.69) is 25.2 Å². The number of amides is 2. The predicted molar refractivity (Wildman–Crippen MR) is 105 cm³/mol.